The molecular formula is C10H10N2OS2. The van der Waals surface area contributed by atoms with Gasteiger partial charge in [-0.05, 0) is 12.1 Å². The number of fused-ring (bicyclic) bond motifs is 1. The number of nitrogens with zero attached hydrogens (tertiary/aromatic N) is 2. The first-order valence-corrected chi connectivity index (χ1v) is 6.05. The summed E-state index contributed by atoms with van der Waals surface area (Å²) in [6.45, 7) is 0. The number of hydrogen-bond donors (Lipinski definition) is 0. The van der Waals surface area contributed by atoms with Crippen LogP contribution in [0.1, 0.15) is 0 Å². The quantitative estimate of drug-likeness (QED) is 0.716. The highest BCUT2D eigenvalue weighted by Crippen LogP contribution is 2.30. The standard InChI is InChI=1S/C10H10N2OS2/c1-12(2)10(13)15-9-11-7-5-3-4-6-8(7)14-9/h3-6H,1-2H3. The summed E-state index contributed by atoms with van der Waals surface area (Å²) in [4.78, 5) is 17.4. The van der Waals surface area contributed by atoms with Crippen molar-refractivity contribution in [1.29, 1.82) is 0 Å². The number of aromatic nitrogens is 1. The molecule has 78 valence electrons. The third-order valence-electron chi connectivity index (χ3n) is 1.81. The van der Waals surface area contributed by atoms with Gasteiger partial charge in [0.2, 0.25) is 0 Å². The number of rotatable bonds is 1. The van der Waals surface area contributed by atoms with Crippen LogP contribution < -0.4 is 0 Å². The Kier molecular flexibility index (Phi) is 2.93. The van der Waals surface area contributed by atoms with Crippen molar-refractivity contribution in [2.24, 2.45) is 0 Å². The van der Waals surface area contributed by atoms with Crippen LogP contribution in [0.5, 0.6) is 0 Å². The fourth-order valence-electron chi connectivity index (χ4n) is 1.06. The molecule has 0 radical (unpaired) electrons. The molecule has 2 rings (SSSR count). The largest absolute Gasteiger partial charge is 0.339 e. The Bertz CT molecular complexity index is 460. The van der Waals surface area contributed by atoms with Gasteiger partial charge in [0.15, 0.2) is 4.34 Å². The predicted octanol–water partition coefficient (Wildman–Crippen LogP) is 3.07. The number of para-hydroxylation sites is 1. The molecule has 0 N–H and O–H groups in total. The van der Waals surface area contributed by atoms with E-state index >= 15 is 0 Å². The average Bonchev–Trinajstić information content (AvgIpc) is 2.59. The van der Waals surface area contributed by atoms with Crippen molar-refractivity contribution in [3.8, 4) is 0 Å². The van der Waals surface area contributed by atoms with Gasteiger partial charge in [-0.15, -0.1) is 11.3 Å². The van der Waals surface area contributed by atoms with E-state index in [1.807, 2.05) is 24.3 Å². The third kappa shape index (κ3) is 2.30. The lowest BCUT2D eigenvalue weighted by Gasteiger charge is -2.06. The monoisotopic (exact) mass is 238 g/mol. The van der Waals surface area contributed by atoms with Gasteiger partial charge in [-0.2, -0.15) is 0 Å². The number of benzene rings is 1. The molecule has 1 aromatic heterocycles. The Morgan fingerprint density at radius 3 is 2.80 bits per heavy atom. The zero-order valence-corrected chi connectivity index (χ0v) is 10.1. The SMILES string of the molecule is CN(C)C(=O)Sc1nc2ccccc2s1. The average molecular weight is 238 g/mol. The molecule has 2 aromatic rings. The number of carbonyl (C=O) groups excluding carboxylic acids is 1. The minimum absolute atomic E-state index is 0.00839. The molecule has 0 aliphatic rings. The lowest BCUT2D eigenvalue weighted by atomic mass is 10.3. The number of thioether (sulfide) groups is 1. The predicted molar refractivity (Wildman–Crippen MR) is 64.6 cm³/mol. The van der Waals surface area contributed by atoms with Crippen LogP contribution in [0, 0.1) is 0 Å². The molecule has 0 bridgehead atoms. The highest BCUT2D eigenvalue weighted by molar-refractivity contribution is 8.14. The topological polar surface area (TPSA) is 33.2 Å². The summed E-state index contributed by atoms with van der Waals surface area (Å²) in [6, 6.07) is 7.89. The lowest BCUT2D eigenvalue weighted by molar-refractivity contribution is 0.241. The van der Waals surface area contributed by atoms with Crippen molar-refractivity contribution in [1.82, 2.24) is 9.88 Å². The minimum Gasteiger partial charge on any atom is -0.339 e. The van der Waals surface area contributed by atoms with Gasteiger partial charge in [-0.25, -0.2) is 4.98 Å². The summed E-state index contributed by atoms with van der Waals surface area (Å²) >= 11 is 2.72. The van der Waals surface area contributed by atoms with E-state index in [9.17, 15) is 4.79 Å². The molecule has 0 aliphatic carbocycles. The maximum atomic E-state index is 11.4. The van der Waals surface area contributed by atoms with E-state index < -0.39 is 0 Å². The molecule has 1 aromatic carbocycles. The van der Waals surface area contributed by atoms with Gasteiger partial charge in [0.1, 0.15) is 0 Å². The maximum Gasteiger partial charge on any atom is 0.288 e. The van der Waals surface area contributed by atoms with Gasteiger partial charge in [0.25, 0.3) is 5.24 Å². The summed E-state index contributed by atoms with van der Waals surface area (Å²) in [5.74, 6) is 0. The summed E-state index contributed by atoms with van der Waals surface area (Å²) in [7, 11) is 3.48. The van der Waals surface area contributed by atoms with Crippen molar-refractivity contribution < 1.29 is 4.79 Å². The van der Waals surface area contributed by atoms with E-state index in [0.717, 1.165) is 14.6 Å². The van der Waals surface area contributed by atoms with Crippen molar-refractivity contribution in [2.45, 2.75) is 4.34 Å². The number of hydrogen-bond acceptors (Lipinski definition) is 4. The van der Waals surface area contributed by atoms with Gasteiger partial charge in [0.05, 0.1) is 10.2 Å². The van der Waals surface area contributed by atoms with E-state index in [0.29, 0.717) is 0 Å². The normalized spacial score (nSPS) is 10.5. The Balaban J connectivity index is 2.26. The fourth-order valence-corrected chi connectivity index (χ4v) is 2.88. The van der Waals surface area contributed by atoms with E-state index in [2.05, 4.69) is 4.98 Å². The van der Waals surface area contributed by atoms with Gasteiger partial charge in [-0.3, -0.25) is 4.79 Å². The zero-order valence-electron chi connectivity index (χ0n) is 8.43. The molecule has 0 aliphatic heterocycles. The highest BCUT2D eigenvalue weighted by atomic mass is 32.2. The maximum absolute atomic E-state index is 11.4. The van der Waals surface area contributed by atoms with Crippen LogP contribution in [0.2, 0.25) is 0 Å². The van der Waals surface area contributed by atoms with Crippen LogP contribution in [0.25, 0.3) is 10.2 Å². The van der Waals surface area contributed by atoms with E-state index in [1.54, 1.807) is 30.3 Å². The molecular weight excluding hydrogens is 228 g/mol. The van der Waals surface area contributed by atoms with Crippen molar-refractivity contribution >= 4 is 38.6 Å². The third-order valence-corrected chi connectivity index (χ3v) is 3.95. The van der Waals surface area contributed by atoms with Gasteiger partial charge in [-0.1, -0.05) is 12.1 Å². The van der Waals surface area contributed by atoms with Crippen LogP contribution in [0.4, 0.5) is 4.79 Å². The fraction of sp³-hybridized carbons (Fsp3) is 0.200. The minimum atomic E-state index is 0.00839. The molecule has 1 heterocycles. The van der Waals surface area contributed by atoms with Crippen molar-refractivity contribution in [3.05, 3.63) is 24.3 Å². The lowest BCUT2D eigenvalue weighted by Crippen LogP contribution is -2.15. The highest BCUT2D eigenvalue weighted by Gasteiger charge is 2.10. The Morgan fingerprint density at radius 2 is 2.13 bits per heavy atom. The Hall–Kier alpha value is -1.07. The zero-order chi connectivity index (χ0) is 10.8. The molecule has 3 nitrogen and oxygen atoms in total. The summed E-state index contributed by atoms with van der Waals surface area (Å²) in [5, 5.41) is 0.00839. The van der Waals surface area contributed by atoms with Crippen molar-refractivity contribution in [3.63, 3.8) is 0 Å². The van der Waals surface area contributed by atoms with Gasteiger partial charge in [0, 0.05) is 25.9 Å². The smallest absolute Gasteiger partial charge is 0.288 e. The number of amides is 1. The Morgan fingerprint density at radius 1 is 1.40 bits per heavy atom. The molecule has 0 unspecified atom stereocenters. The van der Waals surface area contributed by atoms with Crippen LogP contribution in [-0.2, 0) is 0 Å². The van der Waals surface area contributed by atoms with Crippen LogP contribution in [0.15, 0.2) is 28.6 Å². The summed E-state index contributed by atoms with van der Waals surface area (Å²) in [5.41, 5.74) is 0.955. The molecule has 0 saturated heterocycles. The first-order valence-electron chi connectivity index (χ1n) is 4.41. The molecule has 0 saturated carbocycles. The van der Waals surface area contributed by atoms with E-state index in [1.165, 1.54) is 11.8 Å². The van der Waals surface area contributed by atoms with E-state index in [4.69, 9.17) is 0 Å². The van der Waals surface area contributed by atoms with Crippen LogP contribution >= 0.6 is 23.1 Å². The summed E-state index contributed by atoms with van der Waals surface area (Å²) < 4.78 is 1.92. The van der Waals surface area contributed by atoms with Gasteiger partial charge >= 0.3 is 0 Å². The number of thiazole rings is 1. The molecule has 0 spiro atoms. The first kappa shape index (κ1) is 10.4. The summed E-state index contributed by atoms with van der Waals surface area (Å²) in [6.07, 6.45) is 0. The first-order chi connectivity index (χ1) is 7.16. The second-order valence-electron chi connectivity index (χ2n) is 3.21. The van der Waals surface area contributed by atoms with Crippen molar-refractivity contribution in [2.75, 3.05) is 14.1 Å². The van der Waals surface area contributed by atoms with Gasteiger partial charge < -0.3 is 4.90 Å². The molecule has 0 atom stereocenters. The second-order valence-corrected chi connectivity index (χ2v) is 5.44. The second kappa shape index (κ2) is 4.20. The Labute approximate surface area is 96.1 Å². The molecule has 15 heavy (non-hydrogen) atoms. The van der Waals surface area contributed by atoms with Crippen LogP contribution in [0.3, 0.4) is 0 Å². The molecule has 0 fully saturated rings. The number of carbonyl (C=O) groups is 1. The van der Waals surface area contributed by atoms with Crippen LogP contribution in [-0.4, -0.2) is 29.2 Å². The van der Waals surface area contributed by atoms with E-state index in [-0.39, 0.29) is 5.24 Å². The molecule has 1 amide bonds. The molecule has 5 heteroatoms.